The van der Waals surface area contributed by atoms with Crippen molar-refractivity contribution >= 4 is 27.2 Å². The van der Waals surface area contributed by atoms with E-state index < -0.39 is 21.4 Å². The zero-order valence-corrected chi connectivity index (χ0v) is 15.0. The number of hydrogen-bond donors (Lipinski definition) is 1. The largest absolute Gasteiger partial charge is 0.371 e. The molecule has 2 fully saturated rings. The monoisotopic (exact) mass is 383 g/mol. The zero-order valence-electron chi connectivity index (χ0n) is 13.4. The second kappa shape index (κ2) is 6.31. The Labute approximate surface area is 149 Å². The number of hydrogen-bond acceptors (Lipinski definition) is 6. The second-order valence-corrected chi connectivity index (χ2v) is 9.51. The van der Waals surface area contributed by atoms with Gasteiger partial charge in [-0.05, 0) is 30.0 Å². The fourth-order valence-corrected chi connectivity index (χ4v) is 6.12. The van der Waals surface area contributed by atoms with E-state index in [1.807, 2.05) is 0 Å². The summed E-state index contributed by atoms with van der Waals surface area (Å²) in [6.07, 6.45) is 2.79. The van der Waals surface area contributed by atoms with E-state index in [4.69, 9.17) is 4.74 Å². The van der Waals surface area contributed by atoms with Crippen LogP contribution in [0.3, 0.4) is 0 Å². The quantitative estimate of drug-likeness (QED) is 0.877. The minimum absolute atomic E-state index is 0.0891. The number of halogens is 1. The molecule has 2 aromatic rings. The maximum atomic E-state index is 13.7. The van der Waals surface area contributed by atoms with Crippen molar-refractivity contribution in [3.8, 4) is 0 Å². The van der Waals surface area contributed by atoms with Crippen LogP contribution in [0.15, 0.2) is 40.1 Å². The smallest absolute Gasteiger partial charge is 0.252 e. The number of sulfonamides is 1. The molecule has 0 aliphatic carbocycles. The average molecular weight is 383 g/mol. The molecule has 6 nitrogen and oxygen atoms in total. The molecule has 134 valence electrons. The molecule has 0 aromatic carbocycles. The molecule has 1 N–H and O–H groups in total. The van der Waals surface area contributed by atoms with E-state index in [1.54, 1.807) is 17.5 Å². The Balaban J connectivity index is 1.44. The Morgan fingerprint density at radius 1 is 1.40 bits per heavy atom. The topological polar surface area (TPSA) is 71.5 Å². The highest BCUT2D eigenvalue weighted by atomic mass is 32.2. The summed E-state index contributed by atoms with van der Waals surface area (Å²) in [6, 6.07) is 6.16. The minimum atomic E-state index is -3.46. The number of nitrogens with zero attached hydrogens (tertiary/aromatic N) is 2. The lowest BCUT2D eigenvalue weighted by Crippen LogP contribution is -2.36. The minimum Gasteiger partial charge on any atom is -0.371 e. The molecule has 0 amide bonds. The molecule has 2 aromatic heterocycles. The third-order valence-electron chi connectivity index (χ3n) is 4.68. The molecule has 0 bridgehead atoms. The standard InChI is InChI=1S/C16H18FN3O3S2/c17-13-3-1-6-18-15(13)19-12-9-16(23-10-12)5-7-20(11-16)25(21,22)14-4-2-8-24-14/h1-4,6,8,12H,5,7,9-11H2,(H,18,19). The molecule has 25 heavy (non-hydrogen) atoms. The molecule has 2 atom stereocenters. The molecule has 2 aliphatic rings. The van der Waals surface area contributed by atoms with Crippen LogP contribution in [0.2, 0.25) is 0 Å². The highest BCUT2D eigenvalue weighted by Gasteiger charge is 2.49. The number of rotatable bonds is 4. The fraction of sp³-hybridized carbons (Fsp3) is 0.438. The lowest BCUT2D eigenvalue weighted by atomic mass is 9.97. The number of nitrogens with one attached hydrogen (secondary N) is 1. The summed E-state index contributed by atoms with van der Waals surface area (Å²) < 4.78 is 46.8. The molecule has 4 rings (SSSR count). The molecule has 2 saturated heterocycles. The van der Waals surface area contributed by atoms with Crippen LogP contribution < -0.4 is 5.32 Å². The van der Waals surface area contributed by atoms with E-state index in [-0.39, 0.29) is 11.9 Å². The van der Waals surface area contributed by atoms with Crippen LogP contribution in [-0.2, 0) is 14.8 Å². The Kier molecular flexibility index (Phi) is 4.27. The summed E-state index contributed by atoms with van der Waals surface area (Å²) in [5.74, 6) is -0.203. The van der Waals surface area contributed by atoms with Gasteiger partial charge in [-0.1, -0.05) is 6.07 Å². The fourth-order valence-electron chi connectivity index (χ4n) is 3.46. The molecule has 1 spiro atoms. The number of anilines is 1. The van der Waals surface area contributed by atoms with Crippen molar-refractivity contribution in [2.45, 2.75) is 28.7 Å². The average Bonchev–Trinajstić information content (AvgIpc) is 3.33. The maximum absolute atomic E-state index is 13.7. The first-order valence-electron chi connectivity index (χ1n) is 8.03. The van der Waals surface area contributed by atoms with Crippen LogP contribution in [-0.4, -0.2) is 49.0 Å². The van der Waals surface area contributed by atoms with Gasteiger partial charge in [-0.2, -0.15) is 4.31 Å². The summed E-state index contributed by atoms with van der Waals surface area (Å²) in [4.78, 5) is 4.00. The molecule has 4 heterocycles. The zero-order chi connectivity index (χ0) is 17.5. The molecular weight excluding hydrogens is 365 g/mol. The van der Waals surface area contributed by atoms with Gasteiger partial charge in [-0.25, -0.2) is 17.8 Å². The predicted molar refractivity (Wildman–Crippen MR) is 92.6 cm³/mol. The van der Waals surface area contributed by atoms with Crippen molar-refractivity contribution < 1.29 is 17.5 Å². The Bertz CT molecular complexity index is 859. The van der Waals surface area contributed by atoms with Gasteiger partial charge in [0.2, 0.25) is 0 Å². The summed E-state index contributed by atoms with van der Waals surface area (Å²) in [6.45, 7) is 1.17. The molecule has 0 saturated carbocycles. The van der Waals surface area contributed by atoms with Crippen LogP contribution in [0.1, 0.15) is 12.8 Å². The third kappa shape index (κ3) is 3.17. The maximum Gasteiger partial charge on any atom is 0.252 e. The first-order chi connectivity index (χ1) is 12.0. The molecule has 0 radical (unpaired) electrons. The Morgan fingerprint density at radius 3 is 3.04 bits per heavy atom. The van der Waals surface area contributed by atoms with Crippen molar-refractivity contribution in [3.63, 3.8) is 0 Å². The molecule has 9 heteroatoms. The van der Waals surface area contributed by atoms with Crippen LogP contribution >= 0.6 is 11.3 Å². The molecular formula is C16H18FN3O3S2. The van der Waals surface area contributed by atoms with Crippen LogP contribution in [0.5, 0.6) is 0 Å². The van der Waals surface area contributed by atoms with Crippen LogP contribution in [0.4, 0.5) is 10.2 Å². The van der Waals surface area contributed by atoms with Gasteiger partial charge >= 0.3 is 0 Å². The van der Waals surface area contributed by atoms with Gasteiger partial charge in [-0.3, -0.25) is 0 Å². The lowest BCUT2D eigenvalue weighted by molar-refractivity contribution is 0.0173. The SMILES string of the molecule is O=S(=O)(c1cccs1)N1CCC2(CC(Nc3ncccc3F)CO2)C1. The number of pyridine rings is 1. The third-order valence-corrected chi connectivity index (χ3v) is 7.90. The Hall–Kier alpha value is -1.55. The van der Waals surface area contributed by atoms with Gasteiger partial charge in [-0.15, -0.1) is 11.3 Å². The van der Waals surface area contributed by atoms with Gasteiger partial charge in [0.25, 0.3) is 10.0 Å². The van der Waals surface area contributed by atoms with Crippen LogP contribution in [0.25, 0.3) is 0 Å². The van der Waals surface area contributed by atoms with Crippen molar-refractivity contribution in [3.05, 3.63) is 41.7 Å². The second-order valence-electron chi connectivity index (χ2n) is 6.39. The number of thiophene rings is 1. The van der Waals surface area contributed by atoms with Crippen LogP contribution in [0, 0.1) is 5.82 Å². The Morgan fingerprint density at radius 2 is 2.28 bits per heavy atom. The summed E-state index contributed by atoms with van der Waals surface area (Å²) in [5, 5.41) is 4.82. The van der Waals surface area contributed by atoms with E-state index in [9.17, 15) is 12.8 Å². The molecule has 2 aliphatic heterocycles. The lowest BCUT2D eigenvalue weighted by Gasteiger charge is -2.23. The van der Waals surface area contributed by atoms with Gasteiger partial charge in [0.05, 0.1) is 18.2 Å². The van der Waals surface area contributed by atoms with Crippen molar-refractivity contribution in [2.24, 2.45) is 0 Å². The van der Waals surface area contributed by atoms with E-state index in [0.717, 1.165) is 0 Å². The van der Waals surface area contributed by atoms with Crippen molar-refractivity contribution in [1.82, 2.24) is 9.29 Å². The predicted octanol–water partition coefficient (Wildman–Crippen LogP) is 2.32. The first kappa shape index (κ1) is 16.9. The van der Waals surface area contributed by atoms with Gasteiger partial charge < -0.3 is 10.1 Å². The number of ether oxygens (including phenoxy) is 1. The molecule has 2 unspecified atom stereocenters. The summed E-state index contributed by atoms with van der Waals surface area (Å²) in [5.41, 5.74) is -0.507. The van der Waals surface area contributed by atoms with Gasteiger partial charge in [0.1, 0.15) is 4.21 Å². The van der Waals surface area contributed by atoms with Gasteiger partial charge in [0, 0.05) is 25.7 Å². The summed E-state index contributed by atoms with van der Waals surface area (Å²) >= 11 is 1.22. The summed E-state index contributed by atoms with van der Waals surface area (Å²) in [7, 11) is -3.46. The van der Waals surface area contributed by atoms with E-state index in [2.05, 4.69) is 10.3 Å². The van der Waals surface area contributed by atoms with E-state index >= 15 is 0 Å². The van der Waals surface area contributed by atoms with E-state index in [0.29, 0.717) is 36.7 Å². The van der Waals surface area contributed by atoms with Gasteiger partial charge in [0.15, 0.2) is 11.6 Å². The van der Waals surface area contributed by atoms with E-state index in [1.165, 1.54) is 34.0 Å². The number of aromatic nitrogens is 1. The highest BCUT2D eigenvalue weighted by molar-refractivity contribution is 7.91. The van der Waals surface area contributed by atoms with Crippen molar-refractivity contribution in [1.29, 1.82) is 0 Å². The van der Waals surface area contributed by atoms with Crippen molar-refractivity contribution in [2.75, 3.05) is 25.0 Å². The first-order valence-corrected chi connectivity index (χ1v) is 10.4. The highest BCUT2D eigenvalue weighted by Crippen LogP contribution is 2.38. The normalized spacial score (nSPS) is 27.2.